The molecular weight excluding hydrogens is 322 g/mol. The molecule has 2 heterocycles. The van der Waals surface area contributed by atoms with E-state index in [1.54, 1.807) is 10.9 Å². The van der Waals surface area contributed by atoms with Crippen LogP contribution in [0, 0.1) is 5.41 Å². The van der Waals surface area contributed by atoms with E-state index in [0.29, 0.717) is 18.8 Å². The van der Waals surface area contributed by atoms with Crippen molar-refractivity contribution < 1.29 is 14.3 Å². The van der Waals surface area contributed by atoms with Gasteiger partial charge in [-0.3, -0.25) is 14.3 Å². The number of carbonyl (C=O) groups is 2. The minimum absolute atomic E-state index is 0.119. The highest BCUT2D eigenvalue weighted by molar-refractivity contribution is 6.39. The zero-order valence-corrected chi connectivity index (χ0v) is 15.5. The van der Waals surface area contributed by atoms with Crippen molar-refractivity contribution in [3.63, 3.8) is 0 Å². The molecule has 1 aliphatic heterocycles. The Bertz CT molecular complexity index is 591. The summed E-state index contributed by atoms with van der Waals surface area (Å²) < 4.78 is 7.29. The average Bonchev–Trinajstić information content (AvgIpc) is 3.16. The molecule has 1 unspecified atom stereocenters. The molecule has 0 aromatic carbocycles. The molecule has 1 aromatic heterocycles. The molecule has 25 heavy (non-hydrogen) atoms. The summed E-state index contributed by atoms with van der Waals surface area (Å²) in [6, 6.07) is 0. The minimum Gasteiger partial charge on any atom is -0.376 e. The second-order valence-corrected chi connectivity index (χ2v) is 7.62. The largest absolute Gasteiger partial charge is 0.376 e. The highest BCUT2D eigenvalue weighted by atomic mass is 16.5. The van der Waals surface area contributed by atoms with Crippen molar-refractivity contribution in [3.05, 3.63) is 12.4 Å². The fraction of sp³-hybridized carbons (Fsp3) is 0.706. The molecule has 1 fully saturated rings. The topological polar surface area (TPSA) is 88.5 Å². The van der Waals surface area contributed by atoms with Crippen LogP contribution >= 0.6 is 0 Å². The Hall–Kier alpha value is -1.93. The maximum Gasteiger partial charge on any atom is 0.313 e. The van der Waals surface area contributed by atoms with E-state index in [2.05, 4.69) is 20.6 Å². The van der Waals surface area contributed by atoms with Gasteiger partial charge in [-0.15, -0.1) is 0 Å². The molecule has 2 rings (SSSR count). The van der Waals surface area contributed by atoms with E-state index in [0.717, 1.165) is 26.0 Å². The van der Waals surface area contributed by atoms with E-state index in [1.807, 2.05) is 27.9 Å². The zero-order chi connectivity index (χ0) is 18.4. The highest BCUT2D eigenvalue weighted by Crippen LogP contribution is 2.15. The van der Waals surface area contributed by atoms with Crippen LogP contribution in [0.1, 0.15) is 26.7 Å². The number of rotatable bonds is 7. The molecule has 0 spiro atoms. The quantitative estimate of drug-likeness (QED) is 0.706. The Morgan fingerprint density at radius 2 is 2.16 bits per heavy atom. The first-order chi connectivity index (χ1) is 11.7. The summed E-state index contributed by atoms with van der Waals surface area (Å²) in [5.41, 5.74) is 0.386. The Labute approximate surface area is 148 Å². The molecule has 0 bridgehead atoms. The molecule has 0 saturated carbocycles. The third-order valence-electron chi connectivity index (χ3n) is 3.98. The normalized spacial score (nSPS) is 17.7. The fourth-order valence-electron chi connectivity index (χ4n) is 3.02. The van der Waals surface area contributed by atoms with Gasteiger partial charge in [-0.05, 0) is 32.4 Å². The zero-order valence-electron chi connectivity index (χ0n) is 15.5. The number of hydrogen-bond donors (Lipinski definition) is 2. The number of hydrogen-bond acceptors (Lipinski definition) is 5. The predicted octanol–water partition coefficient (Wildman–Crippen LogP) is 0.705. The number of nitrogens with one attached hydrogen (secondary N) is 2. The molecule has 1 atom stereocenters. The van der Waals surface area contributed by atoms with Crippen LogP contribution in [0.3, 0.4) is 0 Å². The smallest absolute Gasteiger partial charge is 0.313 e. The number of amides is 2. The van der Waals surface area contributed by atoms with Gasteiger partial charge in [0.05, 0.1) is 24.5 Å². The Kier molecular flexibility index (Phi) is 6.55. The van der Waals surface area contributed by atoms with Gasteiger partial charge in [-0.1, -0.05) is 13.8 Å². The molecule has 0 radical (unpaired) electrons. The fourth-order valence-corrected chi connectivity index (χ4v) is 3.02. The monoisotopic (exact) mass is 351 g/mol. The van der Waals surface area contributed by atoms with E-state index in [9.17, 15) is 9.59 Å². The lowest BCUT2D eigenvalue weighted by Crippen LogP contribution is -2.43. The SMILES string of the molecule is CN(C)CC(C)(C)CNC(=O)C(=O)Nc1cnn(CC2CCCO2)c1. The lowest BCUT2D eigenvalue weighted by Gasteiger charge is -2.28. The van der Waals surface area contributed by atoms with Gasteiger partial charge in [-0.25, -0.2) is 0 Å². The van der Waals surface area contributed by atoms with E-state index >= 15 is 0 Å². The van der Waals surface area contributed by atoms with Crippen LogP contribution < -0.4 is 10.6 Å². The molecule has 0 aliphatic carbocycles. The molecule has 1 aromatic rings. The van der Waals surface area contributed by atoms with E-state index < -0.39 is 11.8 Å². The number of aromatic nitrogens is 2. The molecule has 2 amide bonds. The van der Waals surface area contributed by atoms with Gasteiger partial charge >= 0.3 is 11.8 Å². The van der Waals surface area contributed by atoms with Crippen LogP contribution in [0.5, 0.6) is 0 Å². The van der Waals surface area contributed by atoms with E-state index in [1.165, 1.54) is 6.20 Å². The van der Waals surface area contributed by atoms with Crippen LogP contribution in [0.15, 0.2) is 12.4 Å². The van der Waals surface area contributed by atoms with Crippen LogP contribution in [0.2, 0.25) is 0 Å². The third-order valence-corrected chi connectivity index (χ3v) is 3.98. The highest BCUT2D eigenvalue weighted by Gasteiger charge is 2.22. The standard InChI is InChI=1S/C17H29N5O3/c1-17(2,12-21(3)4)11-18-15(23)16(24)20-13-8-19-22(9-13)10-14-6-5-7-25-14/h8-9,14H,5-7,10-12H2,1-4H3,(H,18,23)(H,20,24). The summed E-state index contributed by atoms with van der Waals surface area (Å²) >= 11 is 0. The van der Waals surface area contributed by atoms with Crippen LogP contribution in [-0.2, 0) is 20.9 Å². The summed E-state index contributed by atoms with van der Waals surface area (Å²) in [6.45, 7) is 6.77. The van der Waals surface area contributed by atoms with E-state index in [4.69, 9.17) is 4.74 Å². The number of nitrogens with zero attached hydrogens (tertiary/aromatic N) is 3. The van der Waals surface area contributed by atoms with Crippen molar-refractivity contribution in [1.29, 1.82) is 0 Å². The van der Waals surface area contributed by atoms with Crippen molar-refractivity contribution >= 4 is 17.5 Å². The van der Waals surface area contributed by atoms with Crippen molar-refractivity contribution in [1.82, 2.24) is 20.0 Å². The van der Waals surface area contributed by atoms with Gasteiger partial charge in [0.2, 0.25) is 0 Å². The summed E-state index contributed by atoms with van der Waals surface area (Å²) in [4.78, 5) is 26.0. The second kappa shape index (κ2) is 8.44. The van der Waals surface area contributed by atoms with E-state index in [-0.39, 0.29) is 11.5 Å². The van der Waals surface area contributed by atoms with Gasteiger partial charge < -0.3 is 20.3 Å². The van der Waals surface area contributed by atoms with Crippen molar-refractivity contribution in [2.45, 2.75) is 39.3 Å². The number of carbonyl (C=O) groups excluding carboxylic acids is 2. The summed E-state index contributed by atoms with van der Waals surface area (Å²) in [5.74, 6) is -1.32. The van der Waals surface area contributed by atoms with Crippen molar-refractivity contribution in [3.8, 4) is 0 Å². The van der Waals surface area contributed by atoms with Crippen molar-refractivity contribution in [2.75, 3.05) is 39.1 Å². The lowest BCUT2D eigenvalue weighted by molar-refractivity contribution is -0.136. The second-order valence-electron chi connectivity index (χ2n) is 7.62. The summed E-state index contributed by atoms with van der Waals surface area (Å²) in [6.07, 6.45) is 5.51. The van der Waals surface area contributed by atoms with Gasteiger partial charge in [0.1, 0.15) is 0 Å². The Morgan fingerprint density at radius 3 is 2.80 bits per heavy atom. The summed E-state index contributed by atoms with van der Waals surface area (Å²) in [7, 11) is 3.95. The lowest BCUT2D eigenvalue weighted by atomic mass is 9.93. The Morgan fingerprint density at radius 1 is 1.40 bits per heavy atom. The average molecular weight is 351 g/mol. The van der Waals surface area contributed by atoms with Gasteiger partial charge in [0.15, 0.2) is 0 Å². The Balaban J connectivity index is 1.78. The molecule has 8 nitrogen and oxygen atoms in total. The van der Waals surface area contributed by atoms with Crippen LogP contribution in [0.4, 0.5) is 5.69 Å². The number of anilines is 1. The molecular formula is C17H29N5O3. The number of ether oxygens (including phenoxy) is 1. The molecule has 2 N–H and O–H groups in total. The van der Waals surface area contributed by atoms with Crippen LogP contribution in [-0.4, -0.2) is 66.4 Å². The predicted molar refractivity (Wildman–Crippen MR) is 95.2 cm³/mol. The van der Waals surface area contributed by atoms with Crippen molar-refractivity contribution in [2.24, 2.45) is 5.41 Å². The molecule has 1 saturated heterocycles. The first-order valence-electron chi connectivity index (χ1n) is 8.63. The van der Waals surface area contributed by atoms with Gasteiger partial charge in [0, 0.05) is 25.9 Å². The van der Waals surface area contributed by atoms with Gasteiger partial charge in [0.25, 0.3) is 0 Å². The maximum absolute atomic E-state index is 12.0. The maximum atomic E-state index is 12.0. The van der Waals surface area contributed by atoms with Gasteiger partial charge in [-0.2, -0.15) is 5.10 Å². The minimum atomic E-state index is -0.683. The first kappa shape index (κ1) is 19.4. The molecule has 1 aliphatic rings. The summed E-state index contributed by atoms with van der Waals surface area (Å²) in [5, 5.41) is 9.46. The molecule has 8 heteroatoms. The van der Waals surface area contributed by atoms with Crippen LogP contribution in [0.25, 0.3) is 0 Å². The first-order valence-corrected chi connectivity index (χ1v) is 8.63. The third kappa shape index (κ3) is 6.47. The molecule has 140 valence electrons.